The average molecular weight is 435 g/mol. The molecule has 7 heteroatoms. The van der Waals surface area contributed by atoms with E-state index >= 15 is 0 Å². The number of aromatic nitrogens is 4. The first-order chi connectivity index (χ1) is 15.8. The molecule has 0 N–H and O–H groups in total. The third kappa shape index (κ3) is 4.74. The van der Waals surface area contributed by atoms with Crippen LogP contribution in [0.4, 0.5) is 4.39 Å². The van der Waals surface area contributed by atoms with Crippen LogP contribution in [0.25, 0.3) is 0 Å². The number of halogens is 1. The molecule has 0 amide bonds. The van der Waals surface area contributed by atoms with Gasteiger partial charge in [-0.15, -0.1) is 5.10 Å². The van der Waals surface area contributed by atoms with Crippen molar-refractivity contribution in [2.75, 3.05) is 26.2 Å². The molecule has 2 aromatic carbocycles. The summed E-state index contributed by atoms with van der Waals surface area (Å²) in [5.41, 5.74) is 2.30. The molecule has 1 aliphatic carbocycles. The lowest BCUT2D eigenvalue weighted by Crippen LogP contribution is -2.51. The Morgan fingerprint density at radius 2 is 1.62 bits per heavy atom. The van der Waals surface area contributed by atoms with Crippen molar-refractivity contribution in [2.45, 2.75) is 50.7 Å². The molecule has 32 heavy (non-hydrogen) atoms. The fourth-order valence-corrected chi connectivity index (χ4v) is 5.24. The van der Waals surface area contributed by atoms with Crippen LogP contribution in [0.2, 0.25) is 0 Å². The second kappa shape index (κ2) is 9.88. The maximum Gasteiger partial charge on any atom is 0.173 e. The van der Waals surface area contributed by atoms with E-state index in [0.29, 0.717) is 6.54 Å². The van der Waals surface area contributed by atoms with E-state index in [1.165, 1.54) is 43.4 Å². The van der Waals surface area contributed by atoms with Gasteiger partial charge in [-0.1, -0.05) is 55.3 Å². The quantitative estimate of drug-likeness (QED) is 0.568. The highest BCUT2D eigenvalue weighted by Crippen LogP contribution is 2.30. The molecule has 5 rings (SSSR count). The molecule has 1 aromatic heterocycles. The second-order valence-electron chi connectivity index (χ2n) is 8.96. The molecule has 0 radical (unpaired) electrons. The zero-order chi connectivity index (χ0) is 21.8. The monoisotopic (exact) mass is 434 g/mol. The molecule has 3 aromatic rings. The summed E-state index contributed by atoms with van der Waals surface area (Å²) >= 11 is 0. The highest BCUT2D eigenvalue weighted by Gasteiger charge is 2.33. The first-order valence-corrected chi connectivity index (χ1v) is 11.8. The van der Waals surface area contributed by atoms with Crippen LogP contribution in [0.3, 0.4) is 0 Å². The molecule has 1 aliphatic heterocycles. The van der Waals surface area contributed by atoms with Crippen molar-refractivity contribution < 1.29 is 4.39 Å². The summed E-state index contributed by atoms with van der Waals surface area (Å²) in [6.45, 7) is 4.77. The fourth-order valence-electron chi connectivity index (χ4n) is 5.24. The first-order valence-electron chi connectivity index (χ1n) is 11.8. The summed E-state index contributed by atoms with van der Waals surface area (Å²) < 4.78 is 15.6. The second-order valence-corrected chi connectivity index (χ2v) is 8.96. The number of nitrogens with zero attached hydrogens (tertiary/aromatic N) is 6. The summed E-state index contributed by atoms with van der Waals surface area (Å²) in [5.74, 6) is 0.615. The van der Waals surface area contributed by atoms with Gasteiger partial charge in [-0.05, 0) is 52.9 Å². The number of piperazine rings is 1. The van der Waals surface area contributed by atoms with Crippen LogP contribution in [0, 0.1) is 5.82 Å². The van der Waals surface area contributed by atoms with Gasteiger partial charge in [-0.3, -0.25) is 9.80 Å². The largest absolute Gasteiger partial charge is 0.298 e. The zero-order valence-electron chi connectivity index (χ0n) is 18.5. The Labute approximate surface area is 189 Å². The van der Waals surface area contributed by atoms with Gasteiger partial charge in [-0.2, -0.15) is 0 Å². The fraction of sp³-hybridized carbons (Fsp3) is 0.480. The number of hydrogen-bond donors (Lipinski definition) is 0. The number of rotatable bonds is 7. The molecular weight excluding hydrogens is 403 g/mol. The summed E-state index contributed by atoms with van der Waals surface area (Å²) in [6, 6.07) is 17.9. The normalized spacial score (nSPS) is 19.4. The smallest absolute Gasteiger partial charge is 0.173 e. The molecule has 1 saturated heterocycles. The van der Waals surface area contributed by atoms with Gasteiger partial charge >= 0.3 is 0 Å². The van der Waals surface area contributed by atoms with E-state index in [-0.39, 0.29) is 11.9 Å². The van der Waals surface area contributed by atoms with Crippen molar-refractivity contribution >= 4 is 0 Å². The third-order valence-corrected chi connectivity index (χ3v) is 7.00. The van der Waals surface area contributed by atoms with E-state index in [9.17, 15) is 4.39 Å². The van der Waals surface area contributed by atoms with E-state index in [4.69, 9.17) is 0 Å². The Morgan fingerprint density at radius 1 is 0.906 bits per heavy atom. The lowest BCUT2D eigenvalue weighted by molar-refractivity contribution is 0.0770. The first kappa shape index (κ1) is 21.2. The highest BCUT2D eigenvalue weighted by molar-refractivity contribution is 5.26. The summed E-state index contributed by atoms with van der Waals surface area (Å²) in [5, 5.41) is 12.8. The van der Waals surface area contributed by atoms with Gasteiger partial charge < -0.3 is 0 Å². The van der Waals surface area contributed by atoms with Gasteiger partial charge in [0.05, 0.1) is 6.04 Å². The van der Waals surface area contributed by atoms with Crippen molar-refractivity contribution in [2.24, 2.45) is 0 Å². The highest BCUT2D eigenvalue weighted by atomic mass is 19.1. The minimum atomic E-state index is -0.220. The number of aryl methyl sites for hydroxylation is 2. The van der Waals surface area contributed by atoms with E-state index < -0.39 is 0 Å². The molecular formula is C25H31FN6. The Morgan fingerprint density at radius 3 is 2.34 bits per heavy atom. The predicted octanol–water partition coefficient (Wildman–Crippen LogP) is 3.70. The lowest BCUT2D eigenvalue weighted by atomic mass is 10.0. The van der Waals surface area contributed by atoms with Crippen LogP contribution in [0.15, 0.2) is 54.6 Å². The molecule has 1 saturated carbocycles. The van der Waals surface area contributed by atoms with Crippen molar-refractivity contribution in [3.05, 3.63) is 77.4 Å². The maximum absolute atomic E-state index is 13.7. The molecule has 2 heterocycles. The maximum atomic E-state index is 13.7. The van der Waals surface area contributed by atoms with Crippen molar-refractivity contribution in [3.8, 4) is 0 Å². The number of hydrogen-bond acceptors (Lipinski definition) is 5. The van der Waals surface area contributed by atoms with Gasteiger partial charge in [0.25, 0.3) is 0 Å². The molecule has 1 unspecified atom stereocenters. The van der Waals surface area contributed by atoms with Crippen LogP contribution >= 0.6 is 0 Å². The zero-order valence-corrected chi connectivity index (χ0v) is 18.5. The SMILES string of the molecule is Fc1ccc(C(c2nnnn2CCc2ccccc2)N2CCN(C3CCCC3)CC2)cc1. The minimum absolute atomic E-state index is 0.0768. The average Bonchev–Trinajstić information content (AvgIpc) is 3.53. The Kier molecular flexibility index (Phi) is 6.55. The van der Waals surface area contributed by atoms with Crippen LogP contribution < -0.4 is 0 Å². The molecule has 2 aliphatic rings. The number of tetrazole rings is 1. The van der Waals surface area contributed by atoms with E-state index in [1.54, 1.807) is 0 Å². The van der Waals surface area contributed by atoms with Crippen molar-refractivity contribution in [1.82, 2.24) is 30.0 Å². The molecule has 2 fully saturated rings. The minimum Gasteiger partial charge on any atom is -0.298 e. The summed E-state index contributed by atoms with van der Waals surface area (Å²) in [7, 11) is 0. The van der Waals surface area contributed by atoms with Crippen LogP contribution in [-0.2, 0) is 13.0 Å². The van der Waals surface area contributed by atoms with E-state index in [2.05, 4.69) is 49.6 Å². The molecule has 1 atom stereocenters. The van der Waals surface area contributed by atoms with Gasteiger partial charge in [0.2, 0.25) is 0 Å². The van der Waals surface area contributed by atoms with Crippen LogP contribution in [0.5, 0.6) is 0 Å². The third-order valence-electron chi connectivity index (χ3n) is 7.00. The lowest BCUT2D eigenvalue weighted by Gasteiger charge is -2.41. The topological polar surface area (TPSA) is 50.1 Å². The van der Waals surface area contributed by atoms with Crippen molar-refractivity contribution in [1.29, 1.82) is 0 Å². The van der Waals surface area contributed by atoms with Gasteiger partial charge in [-0.25, -0.2) is 9.07 Å². The number of benzene rings is 2. The Balaban J connectivity index is 1.36. The molecule has 6 nitrogen and oxygen atoms in total. The molecule has 168 valence electrons. The summed E-state index contributed by atoms with van der Waals surface area (Å²) in [4.78, 5) is 5.12. The molecule has 0 spiro atoms. The van der Waals surface area contributed by atoms with Crippen molar-refractivity contribution in [3.63, 3.8) is 0 Å². The van der Waals surface area contributed by atoms with E-state index in [0.717, 1.165) is 50.0 Å². The summed E-state index contributed by atoms with van der Waals surface area (Å²) in [6.07, 6.45) is 6.25. The molecule has 0 bridgehead atoms. The van der Waals surface area contributed by atoms with Gasteiger partial charge in [0, 0.05) is 38.8 Å². The Bertz CT molecular complexity index is 975. The van der Waals surface area contributed by atoms with Gasteiger partial charge in [0.15, 0.2) is 5.82 Å². The van der Waals surface area contributed by atoms with Gasteiger partial charge in [0.1, 0.15) is 5.82 Å². The van der Waals surface area contributed by atoms with Crippen LogP contribution in [0.1, 0.15) is 48.7 Å². The van der Waals surface area contributed by atoms with Crippen LogP contribution in [-0.4, -0.2) is 62.2 Å². The van der Waals surface area contributed by atoms with E-state index in [1.807, 2.05) is 22.9 Å². The Hall–Kier alpha value is -2.64. The predicted molar refractivity (Wildman–Crippen MR) is 122 cm³/mol. The standard InChI is InChI=1S/C25H31FN6/c26-22-12-10-21(11-13-22)24(31-18-16-30(17-19-31)23-8-4-5-9-23)25-27-28-29-32(25)15-14-20-6-2-1-3-7-20/h1-3,6-7,10-13,23-24H,4-5,8-9,14-19H2.